The highest BCUT2D eigenvalue weighted by Gasteiger charge is 2.34. The molecule has 2 rings (SSSR count). The Hall–Kier alpha value is -2.85. The number of carbonyl (C=O) groups is 2. The fourth-order valence-electron chi connectivity index (χ4n) is 2.15. The van der Waals surface area contributed by atoms with Gasteiger partial charge in [-0.1, -0.05) is 0 Å². The lowest BCUT2D eigenvalue weighted by molar-refractivity contribution is -0.384. The van der Waals surface area contributed by atoms with E-state index in [1.54, 1.807) is 0 Å². The molecule has 1 fully saturated rings. The number of halogens is 3. The third-order valence-electron chi connectivity index (χ3n) is 3.83. The van der Waals surface area contributed by atoms with Crippen LogP contribution in [0.1, 0.15) is 32.3 Å². The third kappa shape index (κ3) is 5.56. The molecule has 27 heavy (non-hydrogen) atoms. The Labute approximate surface area is 152 Å². The first-order valence-corrected chi connectivity index (χ1v) is 8.12. The predicted molar refractivity (Wildman–Crippen MR) is 87.9 cm³/mol. The molecular formula is C16H18F3N3O5. The molecule has 0 unspecified atom stereocenters. The number of anilines is 1. The summed E-state index contributed by atoms with van der Waals surface area (Å²) >= 11 is 0. The van der Waals surface area contributed by atoms with Gasteiger partial charge in [0.05, 0.1) is 10.5 Å². The first kappa shape index (κ1) is 20.5. The minimum absolute atomic E-state index is 0.0870. The smallest absolute Gasteiger partial charge is 0.416 e. The first-order valence-electron chi connectivity index (χ1n) is 8.12. The van der Waals surface area contributed by atoms with E-state index in [9.17, 15) is 32.9 Å². The summed E-state index contributed by atoms with van der Waals surface area (Å²) in [6, 6.07) is 0.875. The second-order valence-corrected chi connectivity index (χ2v) is 6.21. The van der Waals surface area contributed by atoms with Gasteiger partial charge in [-0.3, -0.25) is 14.9 Å². The summed E-state index contributed by atoms with van der Waals surface area (Å²) in [5.74, 6) is -1.33. The average molecular weight is 389 g/mol. The second-order valence-electron chi connectivity index (χ2n) is 6.21. The molecule has 0 heterocycles. The number of nitro benzene ring substituents is 1. The standard InChI is InChI=1S/C16H18F3N3O5/c1-8(15(24)27-9(2)14(23)21-11-4-5-11)20-12-6-3-10(16(17,18)19)7-13(12)22(25)26/h3,6-9,11,20H,4-5H2,1-2H3,(H,21,23)/t8-,9-/m0/s1. The van der Waals surface area contributed by atoms with Gasteiger partial charge >= 0.3 is 12.1 Å². The Morgan fingerprint density at radius 1 is 1.30 bits per heavy atom. The molecule has 8 nitrogen and oxygen atoms in total. The molecule has 2 N–H and O–H groups in total. The number of ether oxygens (including phenoxy) is 1. The molecule has 0 bridgehead atoms. The maximum absolute atomic E-state index is 12.7. The number of amides is 1. The highest BCUT2D eigenvalue weighted by molar-refractivity contribution is 5.86. The van der Waals surface area contributed by atoms with Gasteiger partial charge in [0.2, 0.25) is 0 Å². The zero-order valence-corrected chi connectivity index (χ0v) is 14.5. The Kier molecular flexibility index (Phi) is 5.91. The zero-order valence-electron chi connectivity index (χ0n) is 14.5. The number of carbonyl (C=O) groups excluding carboxylic acids is 2. The van der Waals surface area contributed by atoms with Gasteiger partial charge in [-0.2, -0.15) is 13.2 Å². The highest BCUT2D eigenvalue weighted by atomic mass is 19.4. The second kappa shape index (κ2) is 7.80. The highest BCUT2D eigenvalue weighted by Crippen LogP contribution is 2.35. The summed E-state index contributed by atoms with van der Waals surface area (Å²) in [6.45, 7) is 2.69. The molecule has 0 saturated heterocycles. The molecule has 0 aliphatic heterocycles. The van der Waals surface area contributed by atoms with E-state index >= 15 is 0 Å². The van der Waals surface area contributed by atoms with Crippen LogP contribution in [0.4, 0.5) is 24.5 Å². The molecule has 148 valence electrons. The maximum Gasteiger partial charge on any atom is 0.416 e. The molecule has 1 amide bonds. The van der Waals surface area contributed by atoms with E-state index in [1.807, 2.05) is 0 Å². The van der Waals surface area contributed by atoms with Crippen LogP contribution in [0.5, 0.6) is 0 Å². The number of nitrogens with zero attached hydrogens (tertiary/aromatic N) is 1. The number of nitrogens with one attached hydrogen (secondary N) is 2. The minimum Gasteiger partial charge on any atom is -0.451 e. The lowest BCUT2D eigenvalue weighted by Gasteiger charge is -2.18. The van der Waals surface area contributed by atoms with Crippen molar-refractivity contribution in [2.24, 2.45) is 0 Å². The van der Waals surface area contributed by atoms with Gasteiger partial charge in [-0.15, -0.1) is 0 Å². The SMILES string of the molecule is C[C@H](Nc1ccc(C(F)(F)F)cc1[N+](=O)[O-])C(=O)O[C@@H](C)C(=O)NC1CC1. The van der Waals surface area contributed by atoms with Crippen molar-refractivity contribution >= 4 is 23.3 Å². The van der Waals surface area contributed by atoms with Crippen LogP contribution in [-0.2, 0) is 20.5 Å². The van der Waals surface area contributed by atoms with Crippen molar-refractivity contribution in [2.45, 2.75) is 51.1 Å². The van der Waals surface area contributed by atoms with Crippen molar-refractivity contribution in [1.82, 2.24) is 5.32 Å². The van der Waals surface area contributed by atoms with Gasteiger partial charge in [-0.25, -0.2) is 4.79 Å². The summed E-state index contributed by atoms with van der Waals surface area (Å²) < 4.78 is 43.1. The van der Waals surface area contributed by atoms with E-state index in [-0.39, 0.29) is 11.7 Å². The summed E-state index contributed by atoms with van der Waals surface area (Å²) in [5.41, 5.74) is -2.28. The lowest BCUT2D eigenvalue weighted by atomic mass is 10.1. The molecule has 0 radical (unpaired) electrons. The third-order valence-corrected chi connectivity index (χ3v) is 3.83. The molecule has 0 aromatic heterocycles. The summed E-state index contributed by atoms with van der Waals surface area (Å²) in [6.07, 6.45) is -4.08. The van der Waals surface area contributed by atoms with Crippen LogP contribution in [0.25, 0.3) is 0 Å². The van der Waals surface area contributed by atoms with Crippen molar-refractivity contribution in [1.29, 1.82) is 0 Å². The number of benzene rings is 1. The van der Waals surface area contributed by atoms with Crippen molar-refractivity contribution in [2.75, 3.05) is 5.32 Å². The van der Waals surface area contributed by atoms with E-state index in [2.05, 4.69) is 10.6 Å². The molecular weight excluding hydrogens is 371 g/mol. The van der Waals surface area contributed by atoms with Crippen molar-refractivity contribution in [3.63, 3.8) is 0 Å². The number of alkyl halides is 3. The zero-order chi connectivity index (χ0) is 20.4. The Balaban J connectivity index is 2.05. The number of rotatable bonds is 7. The number of esters is 1. The molecule has 11 heteroatoms. The van der Waals surface area contributed by atoms with Crippen LogP contribution in [0.15, 0.2) is 18.2 Å². The first-order chi connectivity index (χ1) is 12.5. The van der Waals surface area contributed by atoms with Gasteiger partial charge in [-0.05, 0) is 38.8 Å². The van der Waals surface area contributed by atoms with E-state index in [4.69, 9.17) is 4.74 Å². The lowest BCUT2D eigenvalue weighted by Crippen LogP contribution is -2.40. The molecule has 0 spiro atoms. The Bertz CT molecular complexity index is 749. The van der Waals surface area contributed by atoms with Crippen LogP contribution >= 0.6 is 0 Å². The van der Waals surface area contributed by atoms with Gasteiger partial charge < -0.3 is 15.4 Å². The van der Waals surface area contributed by atoms with E-state index in [1.165, 1.54) is 13.8 Å². The van der Waals surface area contributed by atoms with Gasteiger partial charge in [0.25, 0.3) is 11.6 Å². The normalized spacial score (nSPS) is 16.2. The quantitative estimate of drug-likeness (QED) is 0.421. The van der Waals surface area contributed by atoms with E-state index in [0.717, 1.165) is 18.9 Å². The van der Waals surface area contributed by atoms with Crippen LogP contribution in [0.2, 0.25) is 0 Å². The fraction of sp³-hybridized carbons (Fsp3) is 0.500. The molecule has 1 aliphatic carbocycles. The Morgan fingerprint density at radius 3 is 2.44 bits per heavy atom. The molecule has 1 aromatic carbocycles. The van der Waals surface area contributed by atoms with Crippen molar-refractivity contribution in [3.05, 3.63) is 33.9 Å². The largest absolute Gasteiger partial charge is 0.451 e. The topological polar surface area (TPSA) is 111 Å². The Morgan fingerprint density at radius 2 is 1.93 bits per heavy atom. The summed E-state index contributed by atoms with van der Waals surface area (Å²) in [7, 11) is 0. The molecule has 2 atom stereocenters. The van der Waals surface area contributed by atoms with Gasteiger partial charge in [0, 0.05) is 12.1 Å². The van der Waals surface area contributed by atoms with Crippen LogP contribution < -0.4 is 10.6 Å². The number of hydrogen-bond donors (Lipinski definition) is 2. The van der Waals surface area contributed by atoms with Crippen LogP contribution in [0, 0.1) is 10.1 Å². The van der Waals surface area contributed by atoms with E-state index < -0.39 is 46.4 Å². The predicted octanol–water partition coefficient (Wildman–Crippen LogP) is 2.62. The average Bonchev–Trinajstić information content (AvgIpc) is 3.37. The van der Waals surface area contributed by atoms with Crippen LogP contribution in [-0.4, -0.2) is 35.0 Å². The minimum atomic E-state index is -4.74. The molecule has 1 aliphatic rings. The van der Waals surface area contributed by atoms with Crippen molar-refractivity contribution in [3.8, 4) is 0 Å². The van der Waals surface area contributed by atoms with E-state index in [0.29, 0.717) is 12.1 Å². The summed E-state index contributed by atoms with van der Waals surface area (Å²) in [5, 5.41) is 16.2. The molecule has 1 saturated carbocycles. The van der Waals surface area contributed by atoms with Gasteiger partial charge in [0.1, 0.15) is 11.7 Å². The monoisotopic (exact) mass is 389 g/mol. The van der Waals surface area contributed by atoms with Crippen LogP contribution in [0.3, 0.4) is 0 Å². The summed E-state index contributed by atoms with van der Waals surface area (Å²) in [4.78, 5) is 33.9. The molecule has 1 aromatic rings. The number of hydrogen-bond acceptors (Lipinski definition) is 6. The maximum atomic E-state index is 12.7. The van der Waals surface area contributed by atoms with Gasteiger partial charge in [0.15, 0.2) is 6.10 Å². The fourth-order valence-corrected chi connectivity index (χ4v) is 2.15. The number of nitro groups is 1. The van der Waals surface area contributed by atoms with Crippen molar-refractivity contribution < 1.29 is 32.4 Å².